The third-order valence-electron chi connectivity index (χ3n) is 7.22. The minimum Gasteiger partial charge on any atom is -0.469 e. The summed E-state index contributed by atoms with van der Waals surface area (Å²) in [5, 5.41) is 0. The highest BCUT2D eigenvalue weighted by Crippen LogP contribution is 2.20. The molecule has 0 spiro atoms. The second-order valence-electron chi connectivity index (χ2n) is 11.1. The molecular formula is C32H63NO2. The number of hydrogen-bond acceptors (Lipinski definition) is 3. The Morgan fingerprint density at radius 3 is 1.54 bits per heavy atom. The van der Waals surface area contributed by atoms with Crippen molar-refractivity contribution in [1.82, 2.24) is 4.90 Å². The van der Waals surface area contributed by atoms with Crippen molar-refractivity contribution in [3.05, 3.63) is 12.2 Å². The number of allylic oxidation sites excluding steroid dienone is 2. The maximum Gasteiger partial charge on any atom is 0.305 e. The number of ether oxygens (including phenoxy) is 1. The number of methoxy groups -OCH3 is 1. The Bertz CT molecular complexity index is 460. The van der Waals surface area contributed by atoms with Crippen LogP contribution in [0.4, 0.5) is 0 Å². The van der Waals surface area contributed by atoms with E-state index in [1.54, 1.807) is 0 Å². The number of esters is 1. The van der Waals surface area contributed by atoms with E-state index >= 15 is 0 Å². The quantitative estimate of drug-likeness (QED) is 0.0647. The second-order valence-corrected chi connectivity index (χ2v) is 11.1. The molecule has 3 nitrogen and oxygen atoms in total. The molecule has 0 rings (SSSR count). The van der Waals surface area contributed by atoms with Crippen molar-refractivity contribution < 1.29 is 9.53 Å². The van der Waals surface area contributed by atoms with Gasteiger partial charge in [0.05, 0.1) is 7.11 Å². The smallest absolute Gasteiger partial charge is 0.305 e. The fraction of sp³-hybridized carbons (Fsp3) is 0.906. The van der Waals surface area contributed by atoms with Crippen LogP contribution in [0.5, 0.6) is 0 Å². The molecule has 1 atom stereocenters. The number of nitrogens with zero attached hydrogens (tertiary/aromatic N) is 1. The molecule has 0 fully saturated rings. The summed E-state index contributed by atoms with van der Waals surface area (Å²) in [7, 11) is 5.94. The highest BCUT2D eigenvalue weighted by molar-refractivity contribution is 5.68. The summed E-state index contributed by atoms with van der Waals surface area (Å²) >= 11 is 0. The Kier molecular flexibility index (Phi) is 27.1. The highest BCUT2D eigenvalue weighted by Gasteiger charge is 2.09. The van der Waals surface area contributed by atoms with E-state index in [-0.39, 0.29) is 5.97 Å². The predicted octanol–water partition coefficient (Wildman–Crippen LogP) is 9.89. The first-order valence-corrected chi connectivity index (χ1v) is 15.5. The number of unbranched alkanes of at least 4 members (excludes halogenated alkanes) is 17. The second kappa shape index (κ2) is 27.8. The van der Waals surface area contributed by atoms with Gasteiger partial charge in [-0.3, -0.25) is 4.79 Å². The van der Waals surface area contributed by atoms with Gasteiger partial charge in [-0.15, -0.1) is 0 Å². The van der Waals surface area contributed by atoms with E-state index in [4.69, 9.17) is 0 Å². The molecule has 0 aromatic carbocycles. The largest absolute Gasteiger partial charge is 0.469 e. The molecule has 0 aromatic heterocycles. The van der Waals surface area contributed by atoms with Crippen LogP contribution in [-0.2, 0) is 9.53 Å². The topological polar surface area (TPSA) is 29.5 Å². The van der Waals surface area contributed by atoms with Gasteiger partial charge in [0.1, 0.15) is 0 Å². The normalized spacial score (nSPS) is 12.6. The summed E-state index contributed by atoms with van der Waals surface area (Å²) in [6, 6.07) is 0. The number of carbonyl (C=O) groups excluding carboxylic acids is 1. The summed E-state index contributed by atoms with van der Waals surface area (Å²) in [5.41, 5.74) is 0. The molecule has 1 unspecified atom stereocenters. The Labute approximate surface area is 220 Å². The minimum absolute atomic E-state index is 0.0699. The van der Waals surface area contributed by atoms with Gasteiger partial charge in [0.25, 0.3) is 0 Å². The van der Waals surface area contributed by atoms with Gasteiger partial charge in [0.15, 0.2) is 0 Å². The molecule has 0 aliphatic carbocycles. The third-order valence-corrected chi connectivity index (χ3v) is 7.22. The van der Waals surface area contributed by atoms with Crippen molar-refractivity contribution in [2.45, 2.75) is 155 Å². The lowest BCUT2D eigenvalue weighted by Gasteiger charge is -2.21. The average molecular weight is 494 g/mol. The van der Waals surface area contributed by atoms with Crippen LogP contribution in [0.15, 0.2) is 12.2 Å². The van der Waals surface area contributed by atoms with Crippen LogP contribution in [0.1, 0.15) is 155 Å². The molecule has 0 aliphatic heterocycles. The first-order valence-electron chi connectivity index (χ1n) is 15.5. The molecule has 0 aliphatic rings. The predicted molar refractivity (Wildman–Crippen MR) is 155 cm³/mol. The van der Waals surface area contributed by atoms with Crippen molar-refractivity contribution in [3.63, 3.8) is 0 Å². The SMILES string of the molecule is CCCCCCCCCC(CCCCCC/C=C\CCCCCCCCCC(=O)OC)CN(C)C. The van der Waals surface area contributed by atoms with Crippen molar-refractivity contribution in [3.8, 4) is 0 Å². The summed E-state index contributed by atoms with van der Waals surface area (Å²) in [4.78, 5) is 13.4. The van der Waals surface area contributed by atoms with Gasteiger partial charge in [-0.25, -0.2) is 0 Å². The summed E-state index contributed by atoms with van der Waals surface area (Å²) in [6.45, 7) is 3.57. The molecule has 35 heavy (non-hydrogen) atoms. The first kappa shape index (κ1) is 34.2. The van der Waals surface area contributed by atoms with Crippen LogP contribution in [0.25, 0.3) is 0 Å². The average Bonchev–Trinajstić information content (AvgIpc) is 2.84. The monoisotopic (exact) mass is 493 g/mol. The lowest BCUT2D eigenvalue weighted by molar-refractivity contribution is -0.140. The number of rotatable bonds is 27. The lowest BCUT2D eigenvalue weighted by Crippen LogP contribution is -2.21. The highest BCUT2D eigenvalue weighted by atomic mass is 16.5. The van der Waals surface area contributed by atoms with E-state index in [0.717, 1.165) is 18.8 Å². The molecular weight excluding hydrogens is 430 g/mol. The first-order chi connectivity index (χ1) is 17.1. The minimum atomic E-state index is -0.0699. The molecule has 0 amide bonds. The molecule has 0 saturated carbocycles. The van der Waals surface area contributed by atoms with E-state index in [1.165, 1.54) is 142 Å². The van der Waals surface area contributed by atoms with E-state index in [9.17, 15) is 4.79 Å². The molecule has 0 aromatic rings. The van der Waals surface area contributed by atoms with Gasteiger partial charge in [-0.1, -0.05) is 115 Å². The van der Waals surface area contributed by atoms with E-state index < -0.39 is 0 Å². The zero-order valence-electron chi connectivity index (χ0n) is 24.5. The Morgan fingerprint density at radius 2 is 1.09 bits per heavy atom. The van der Waals surface area contributed by atoms with Gasteiger partial charge in [0.2, 0.25) is 0 Å². The van der Waals surface area contributed by atoms with Crippen molar-refractivity contribution in [1.29, 1.82) is 0 Å². The van der Waals surface area contributed by atoms with Crippen LogP contribution >= 0.6 is 0 Å². The lowest BCUT2D eigenvalue weighted by atomic mass is 9.93. The van der Waals surface area contributed by atoms with Gasteiger partial charge < -0.3 is 9.64 Å². The molecule has 208 valence electrons. The van der Waals surface area contributed by atoms with Crippen molar-refractivity contribution >= 4 is 5.97 Å². The summed E-state index contributed by atoms with van der Waals surface area (Å²) < 4.78 is 4.67. The molecule has 0 bridgehead atoms. The van der Waals surface area contributed by atoms with Crippen molar-refractivity contribution in [2.75, 3.05) is 27.7 Å². The summed E-state index contributed by atoms with van der Waals surface area (Å²) in [5.74, 6) is 0.833. The van der Waals surface area contributed by atoms with Gasteiger partial charge in [0, 0.05) is 13.0 Å². The fourth-order valence-corrected chi connectivity index (χ4v) is 5.04. The third kappa shape index (κ3) is 27.6. The molecule has 0 radical (unpaired) electrons. The molecule has 0 heterocycles. The van der Waals surface area contributed by atoms with Crippen molar-refractivity contribution in [2.24, 2.45) is 5.92 Å². The Balaban J connectivity index is 3.51. The van der Waals surface area contributed by atoms with Crippen LogP contribution in [0.3, 0.4) is 0 Å². The van der Waals surface area contributed by atoms with Gasteiger partial charge in [-0.2, -0.15) is 0 Å². The zero-order valence-corrected chi connectivity index (χ0v) is 24.5. The van der Waals surface area contributed by atoms with E-state index in [1.807, 2.05) is 0 Å². The molecule has 0 saturated heterocycles. The zero-order chi connectivity index (χ0) is 25.8. The maximum absolute atomic E-state index is 11.1. The van der Waals surface area contributed by atoms with Crippen LogP contribution in [-0.4, -0.2) is 38.6 Å². The number of carbonyl (C=O) groups is 1. The van der Waals surface area contributed by atoms with E-state index in [2.05, 4.69) is 42.8 Å². The maximum atomic E-state index is 11.1. The van der Waals surface area contributed by atoms with E-state index in [0.29, 0.717) is 6.42 Å². The Morgan fingerprint density at radius 1 is 0.657 bits per heavy atom. The van der Waals surface area contributed by atoms with Gasteiger partial charge >= 0.3 is 5.97 Å². The number of hydrogen-bond donors (Lipinski definition) is 0. The summed E-state index contributed by atoms with van der Waals surface area (Å²) in [6.07, 6.45) is 35.0. The van der Waals surface area contributed by atoms with Crippen LogP contribution in [0, 0.1) is 5.92 Å². The van der Waals surface area contributed by atoms with Crippen LogP contribution < -0.4 is 0 Å². The molecule has 0 N–H and O–H groups in total. The Hall–Kier alpha value is -0.830. The van der Waals surface area contributed by atoms with Crippen LogP contribution in [0.2, 0.25) is 0 Å². The van der Waals surface area contributed by atoms with Gasteiger partial charge in [-0.05, 0) is 65.0 Å². The fourth-order valence-electron chi connectivity index (χ4n) is 5.04. The standard InChI is InChI=1S/C32H63NO2/c1-5-6-7-8-18-21-24-27-31(30-33(2)3)28-25-22-19-16-14-12-10-9-11-13-15-17-20-23-26-29-32(34)35-4/h10,12,31H,5-9,11,13-30H2,1-4H3/b12-10-. The molecule has 3 heteroatoms.